The third-order valence-electron chi connectivity index (χ3n) is 3.68. The second-order valence-electron chi connectivity index (χ2n) is 5.28. The summed E-state index contributed by atoms with van der Waals surface area (Å²) in [7, 11) is 2.18. The Hall–Kier alpha value is -0.560. The Balaban J connectivity index is 2.08. The summed E-state index contributed by atoms with van der Waals surface area (Å²) in [6, 6.07) is 1.32. The fraction of sp³-hybridized carbons (Fsp3) is 0.857. The van der Waals surface area contributed by atoms with Gasteiger partial charge >= 0.3 is 0 Å². The second kappa shape index (κ2) is 7.71. The molecule has 1 N–H and O–H groups in total. The number of nitrogens with zero attached hydrogens (tertiary/aromatic N) is 2. The summed E-state index contributed by atoms with van der Waals surface area (Å²) in [5.41, 5.74) is 0. The fourth-order valence-electron chi connectivity index (χ4n) is 2.13. The third kappa shape index (κ3) is 5.54. The molecule has 3 nitrogen and oxygen atoms in total. The topological polar surface area (TPSA) is 18.5 Å². The van der Waals surface area contributed by atoms with Gasteiger partial charge in [-0.2, -0.15) is 0 Å². The van der Waals surface area contributed by atoms with Crippen LogP contribution in [0.25, 0.3) is 0 Å². The highest BCUT2D eigenvalue weighted by Gasteiger charge is 2.17. The molecule has 0 aromatic carbocycles. The van der Waals surface area contributed by atoms with Gasteiger partial charge in [-0.15, -0.1) is 6.42 Å². The Morgan fingerprint density at radius 2 is 2.06 bits per heavy atom. The number of likely N-dealkylation sites (N-methyl/N-ethyl adjacent to an activating group) is 1. The molecule has 0 unspecified atom stereocenters. The van der Waals surface area contributed by atoms with Gasteiger partial charge in [0, 0.05) is 38.3 Å². The Kier molecular flexibility index (Phi) is 6.57. The molecule has 0 aliphatic carbocycles. The highest BCUT2D eigenvalue weighted by Crippen LogP contribution is 2.09. The number of piperidine rings is 1. The highest BCUT2D eigenvalue weighted by atomic mass is 15.2. The lowest BCUT2D eigenvalue weighted by Gasteiger charge is -2.31. The van der Waals surface area contributed by atoms with Gasteiger partial charge in [0.2, 0.25) is 0 Å². The molecule has 1 saturated heterocycles. The van der Waals surface area contributed by atoms with E-state index in [0.29, 0.717) is 12.1 Å². The van der Waals surface area contributed by atoms with Gasteiger partial charge in [0.15, 0.2) is 0 Å². The Bertz CT molecular complexity index is 236. The van der Waals surface area contributed by atoms with Crippen molar-refractivity contribution in [3.63, 3.8) is 0 Å². The SMILES string of the molecule is C#CCN1CCC(NCCN(C)C(C)C)CC1. The molecule has 0 aromatic rings. The molecule has 0 atom stereocenters. The minimum absolute atomic E-state index is 0.634. The van der Waals surface area contributed by atoms with Crippen molar-refractivity contribution in [1.82, 2.24) is 15.1 Å². The Labute approximate surface area is 107 Å². The van der Waals surface area contributed by atoms with Gasteiger partial charge in [-0.3, -0.25) is 4.90 Å². The maximum atomic E-state index is 5.32. The zero-order chi connectivity index (χ0) is 12.7. The van der Waals surface area contributed by atoms with Crippen LogP contribution in [0.15, 0.2) is 0 Å². The van der Waals surface area contributed by atoms with Crippen molar-refractivity contribution in [2.75, 3.05) is 39.8 Å². The predicted octanol–water partition coefficient (Wildman–Crippen LogP) is 1.01. The minimum atomic E-state index is 0.634. The van der Waals surface area contributed by atoms with E-state index in [-0.39, 0.29) is 0 Å². The number of hydrogen-bond acceptors (Lipinski definition) is 3. The van der Waals surface area contributed by atoms with Crippen LogP contribution < -0.4 is 5.32 Å². The highest BCUT2D eigenvalue weighted by molar-refractivity contribution is 4.90. The van der Waals surface area contributed by atoms with E-state index in [1.165, 1.54) is 12.8 Å². The zero-order valence-corrected chi connectivity index (χ0v) is 11.6. The zero-order valence-electron chi connectivity index (χ0n) is 11.6. The van der Waals surface area contributed by atoms with Gasteiger partial charge < -0.3 is 10.2 Å². The van der Waals surface area contributed by atoms with Crippen molar-refractivity contribution >= 4 is 0 Å². The summed E-state index contributed by atoms with van der Waals surface area (Å²) in [6.45, 7) is 9.78. The molecule has 1 fully saturated rings. The molecule has 1 aliphatic rings. The van der Waals surface area contributed by atoms with Crippen LogP contribution in [-0.2, 0) is 0 Å². The maximum Gasteiger partial charge on any atom is 0.0598 e. The Morgan fingerprint density at radius 1 is 1.41 bits per heavy atom. The molecular weight excluding hydrogens is 210 g/mol. The molecule has 1 heterocycles. The quantitative estimate of drug-likeness (QED) is 0.696. The van der Waals surface area contributed by atoms with Crippen molar-refractivity contribution in [1.29, 1.82) is 0 Å². The van der Waals surface area contributed by atoms with Crippen LogP contribution in [-0.4, -0.2) is 61.7 Å². The van der Waals surface area contributed by atoms with Crippen molar-refractivity contribution < 1.29 is 0 Å². The lowest BCUT2D eigenvalue weighted by molar-refractivity contribution is 0.209. The predicted molar refractivity (Wildman–Crippen MR) is 74.1 cm³/mol. The van der Waals surface area contributed by atoms with Crippen molar-refractivity contribution in [2.24, 2.45) is 0 Å². The molecular formula is C14H27N3. The molecule has 3 heteroatoms. The standard InChI is InChI=1S/C14H27N3/c1-5-9-17-10-6-14(7-11-17)15-8-12-16(4)13(2)3/h1,13-15H,6-12H2,2-4H3. The molecule has 0 amide bonds. The number of nitrogens with one attached hydrogen (secondary N) is 1. The first-order valence-electron chi connectivity index (χ1n) is 6.73. The van der Waals surface area contributed by atoms with Crippen LogP contribution in [0.4, 0.5) is 0 Å². The lowest BCUT2D eigenvalue weighted by Crippen LogP contribution is -2.44. The van der Waals surface area contributed by atoms with Gasteiger partial charge in [0.1, 0.15) is 0 Å². The van der Waals surface area contributed by atoms with Gasteiger partial charge in [-0.1, -0.05) is 5.92 Å². The number of likely N-dealkylation sites (tertiary alicyclic amines) is 1. The molecule has 0 radical (unpaired) electrons. The van der Waals surface area contributed by atoms with E-state index < -0.39 is 0 Å². The molecule has 0 aromatic heterocycles. The van der Waals surface area contributed by atoms with Gasteiger partial charge in [-0.25, -0.2) is 0 Å². The van der Waals surface area contributed by atoms with E-state index >= 15 is 0 Å². The molecule has 0 saturated carbocycles. The average molecular weight is 237 g/mol. The lowest BCUT2D eigenvalue weighted by atomic mass is 10.1. The fourth-order valence-corrected chi connectivity index (χ4v) is 2.13. The van der Waals surface area contributed by atoms with Crippen LogP contribution >= 0.6 is 0 Å². The van der Waals surface area contributed by atoms with E-state index in [4.69, 9.17) is 6.42 Å². The van der Waals surface area contributed by atoms with Gasteiger partial charge in [0.25, 0.3) is 0 Å². The largest absolute Gasteiger partial charge is 0.313 e. The monoisotopic (exact) mass is 237 g/mol. The minimum Gasteiger partial charge on any atom is -0.313 e. The van der Waals surface area contributed by atoms with Crippen LogP contribution in [0.5, 0.6) is 0 Å². The third-order valence-corrected chi connectivity index (χ3v) is 3.68. The summed E-state index contributed by atoms with van der Waals surface area (Å²) in [4.78, 5) is 4.74. The first-order valence-corrected chi connectivity index (χ1v) is 6.73. The van der Waals surface area contributed by atoms with Gasteiger partial charge in [-0.05, 0) is 33.7 Å². The first kappa shape index (κ1) is 14.5. The molecule has 1 aliphatic heterocycles. The number of rotatable bonds is 6. The van der Waals surface area contributed by atoms with E-state index in [2.05, 4.69) is 41.9 Å². The first-order chi connectivity index (χ1) is 8.13. The molecule has 1 rings (SSSR count). The maximum absolute atomic E-state index is 5.32. The molecule has 17 heavy (non-hydrogen) atoms. The summed E-state index contributed by atoms with van der Waals surface area (Å²) < 4.78 is 0. The normalized spacial score (nSPS) is 18.8. The summed E-state index contributed by atoms with van der Waals surface area (Å²) in [5.74, 6) is 2.72. The smallest absolute Gasteiger partial charge is 0.0598 e. The molecule has 0 spiro atoms. The van der Waals surface area contributed by atoms with Crippen molar-refractivity contribution in [3.8, 4) is 12.3 Å². The summed E-state index contributed by atoms with van der Waals surface area (Å²) in [6.07, 6.45) is 7.78. The second-order valence-corrected chi connectivity index (χ2v) is 5.28. The average Bonchev–Trinajstić information content (AvgIpc) is 2.31. The van der Waals surface area contributed by atoms with Crippen LogP contribution in [0.2, 0.25) is 0 Å². The van der Waals surface area contributed by atoms with Crippen LogP contribution in [0, 0.1) is 12.3 Å². The molecule has 0 bridgehead atoms. The van der Waals surface area contributed by atoms with E-state index in [0.717, 1.165) is 32.7 Å². The van der Waals surface area contributed by atoms with Crippen molar-refractivity contribution in [3.05, 3.63) is 0 Å². The Morgan fingerprint density at radius 3 is 2.59 bits per heavy atom. The van der Waals surface area contributed by atoms with Crippen LogP contribution in [0.3, 0.4) is 0 Å². The van der Waals surface area contributed by atoms with Crippen molar-refractivity contribution in [2.45, 2.75) is 38.8 Å². The summed E-state index contributed by atoms with van der Waals surface area (Å²) in [5, 5.41) is 3.65. The van der Waals surface area contributed by atoms with E-state index in [1.807, 2.05) is 0 Å². The van der Waals surface area contributed by atoms with Crippen LogP contribution in [0.1, 0.15) is 26.7 Å². The number of terminal acetylenes is 1. The number of hydrogen-bond donors (Lipinski definition) is 1. The summed E-state index contributed by atoms with van der Waals surface area (Å²) >= 11 is 0. The van der Waals surface area contributed by atoms with E-state index in [1.54, 1.807) is 0 Å². The van der Waals surface area contributed by atoms with Gasteiger partial charge in [0.05, 0.1) is 6.54 Å². The van der Waals surface area contributed by atoms with E-state index in [9.17, 15) is 0 Å². The molecule has 98 valence electrons.